The third-order valence-corrected chi connectivity index (χ3v) is 2.78. The maximum Gasteiger partial charge on any atom is 0.319 e. The van der Waals surface area contributed by atoms with E-state index >= 15 is 0 Å². The number of rotatable bonds is 7. The van der Waals surface area contributed by atoms with Crippen LogP contribution >= 0.6 is 0 Å². The zero-order valence-corrected chi connectivity index (χ0v) is 11.8. The van der Waals surface area contributed by atoms with Gasteiger partial charge in [0.2, 0.25) is 0 Å². The minimum atomic E-state index is -0.392. The number of ether oxygens (including phenoxy) is 2. The highest BCUT2D eigenvalue weighted by Gasteiger charge is 2.15. The van der Waals surface area contributed by atoms with E-state index in [4.69, 9.17) is 0 Å². The van der Waals surface area contributed by atoms with Crippen molar-refractivity contribution in [2.24, 2.45) is 0 Å². The van der Waals surface area contributed by atoms with Gasteiger partial charge >= 0.3 is 11.9 Å². The van der Waals surface area contributed by atoms with Gasteiger partial charge < -0.3 is 9.47 Å². The second kappa shape index (κ2) is 8.12. The number of carbonyl (C=O) groups excluding carboxylic acids is 2. The maximum absolute atomic E-state index is 11.4. The van der Waals surface area contributed by atoms with Gasteiger partial charge in [-0.05, 0) is 11.1 Å². The van der Waals surface area contributed by atoms with Crippen molar-refractivity contribution in [1.29, 1.82) is 0 Å². The third-order valence-electron chi connectivity index (χ3n) is 2.78. The van der Waals surface area contributed by atoms with Crippen LogP contribution in [0.2, 0.25) is 0 Å². The van der Waals surface area contributed by atoms with Gasteiger partial charge in [0.1, 0.15) is 0 Å². The Balaban J connectivity index is 2.73. The fourth-order valence-electron chi connectivity index (χ4n) is 1.68. The minimum Gasteiger partial charge on any atom is -0.468 e. The molecule has 20 heavy (non-hydrogen) atoms. The largest absolute Gasteiger partial charge is 0.468 e. The van der Waals surface area contributed by atoms with Crippen molar-refractivity contribution in [3.8, 4) is 0 Å². The quantitative estimate of drug-likeness (QED) is 0.707. The van der Waals surface area contributed by atoms with Crippen molar-refractivity contribution in [2.75, 3.05) is 27.3 Å². The number of carbonyl (C=O) groups is 2. The zero-order valence-electron chi connectivity index (χ0n) is 11.8. The third kappa shape index (κ3) is 5.24. The molecule has 1 aromatic rings. The highest BCUT2D eigenvalue weighted by Crippen LogP contribution is 2.08. The van der Waals surface area contributed by atoms with Crippen LogP contribution < -0.4 is 0 Å². The molecule has 0 radical (unpaired) electrons. The monoisotopic (exact) mass is 277 g/mol. The Morgan fingerprint density at radius 3 is 2.00 bits per heavy atom. The van der Waals surface area contributed by atoms with Gasteiger partial charge in [-0.25, -0.2) is 0 Å². The number of hydrogen-bond donors (Lipinski definition) is 0. The molecule has 0 spiro atoms. The first-order chi connectivity index (χ1) is 9.58. The lowest BCUT2D eigenvalue weighted by Gasteiger charge is -2.19. The van der Waals surface area contributed by atoms with Gasteiger partial charge in [0.15, 0.2) is 0 Å². The number of benzene rings is 1. The molecular weight excluding hydrogens is 258 g/mol. The molecule has 0 unspecified atom stereocenters. The summed E-state index contributed by atoms with van der Waals surface area (Å²) in [5.74, 6) is -0.784. The van der Waals surface area contributed by atoms with Gasteiger partial charge in [0.25, 0.3) is 0 Å². The first-order valence-electron chi connectivity index (χ1n) is 6.16. The van der Waals surface area contributed by atoms with E-state index in [1.165, 1.54) is 14.2 Å². The molecule has 0 N–H and O–H groups in total. The van der Waals surface area contributed by atoms with Crippen molar-refractivity contribution in [2.45, 2.75) is 6.54 Å². The van der Waals surface area contributed by atoms with E-state index in [-0.39, 0.29) is 13.1 Å². The number of nitrogens with zero attached hydrogens (tertiary/aromatic N) is 1. The first-order valence-corrected chi connectivity index (χ1v) is 6.16. The molecule has 5 heteroatoms. The summed E-state index contributed by atoms with van der Waals surface area (Å²) >= 11 is 0. The van der Waals surface area contributed by atoms with Crippen LogP contribution in [0.5, 0.6) is 0 Å². The lowest BCUT2D eigenvalue weighted by Crippen LogP contribution is -2.35. The van der Waals surface area contributed by atoms with Crippen LogP contribution in [0.3, 0.4) is 0 Å². The molecule has 0 aliphatic carbocycles. The minimum absolute atomic E-state index is 0.0365. The van der Waals surface area contributed by atoms with E-state index in [9.17, 15) is 9.59 Å². The van der Waals surface area contributed by atoms with Crippen LogP contribution in [0.25, 0.3) is 6.08 Å². The topological polar surface area (TPSA) is 55.8 Å². The Morgan fingerprint density at radius 1 is 1.10 bits per heavy atom. The Morgan fingerprint density at radius 2 is 1.60 bits per heavy atom. The summed E-state index contributed by atoms with van der Waals surface area (Å²) in [6.07, 6.45) is 1.75. The molecule has 0 heterocycles. The lowest BCUT2D eigenvalue weighted by molar-refractivity contribution is -0.145. The van der Waals surface area contributed by atoms with E-state index in [1.807, 2.05) is 24.3 Å². The molecule has 0 saturated carbocycles. The lowest BCUT2D eigenvalue weighted by atomic mass is 10.1. The average molecular weight is 277 g/mol. The van der Waals surface area contributed by atoms with Gasteiger partial charge in [-0.3, -0.25) is 14.5 Å². The van der Waals surface area contributed by atoms with Crippen molar-refractivity contribution >= 4 is 18.0 Å². The molecule has 0 fully saturated rings. The van der Waals surface area contributed by atoms with E-state index in [1.54, 1.807) is 11.0 Å². The number of hydrogen-bond acceptors (Lipinski definition) is 5. The molecular formula is C15H19NO4. The van der Waals surface area contributed by atoms with Gasteiger partial charge in [-0.2, -0.15) is 0 Å². The summed E-state index contributed by atoms with van der Waals surface area (Å²) in [6.45, 7) is 4.22. The Kier molecular flexibility index (Phi) is 6.46. The summed E-state index contributed by atoms with van der Waals surface area (Å²) in [7, 11) is 2.63. The van der Waals surface area contributed by atoms with Crippen LogP contribution in [-0.2, 0) is 25.6 Å². The van der Waals surface area contributed by atoms with Crippen molar-refractivity contribution in [3.05, 3.63) is 42.0 Å². The summed E-state index contributed by atoms with van der Waals surface area (Å²) in [6, 6.07) is 7.71. The van der Waals surface area contributed by atoms with E-state index in [0.717, 1.165) is 11.1 Å². The van der Waals surface area contributed by atoms with Crippen LogP contribution in [0.4, 0.5) is 0 Å². The predicted molar refractivity (Wildman–Crippen MR) is 75.8 cm³/mol. The molecule has 0 aromatic heterocycles. The Bertz CT molecular complexity index is 449. The second-order valence-corrected chi connectivity index (χ2v) is 4.24. The summed E-state index contributed by atoms with van der Waals surface area (Å²) in [5.41, 5.74) is 2.00. The molecule has 0 atom stereocenters. The van der Waals surface area contributed by atoms with Crippen LogP contribution in [0, 0.1) is 0 Å². The summed E-state index contributed by atoms with van der Waals surface area (Å²) in [4.78, 5) is 24.4. The van der Waals surface area contributed by atoms with Crippen LogP contribution in [0.1, 0.15) is 11.1 Å². The Labute approximate surface area is 118 Å². The molecule has 0 aliphatic heterocycles. The normalized spacial score (nSPS) is 10.2. The molecule has 0 aliphatic rings. The van der Waals surface area contributed by atoms with Crippen LogP contribution in [0.15, 0.2) is 30.8 Å². The van der Waals surface area contributed by atoms with Crippen LogP contribution in [-0.4, -0.2) is 44.1 Å². The maximum atomic E-state index is 11.4. The smallest absolute Gasteiger partial charge is 0.319 e. The van der Waals surface area contributed by atoms with Gasteiger partial charge in [0.05, 0.1) is 27.3 Å². The molecule has 0 amide bonds. The number of methoxy groups -OCH3 is 2. The van der Waals surface area contributed by atoms with Crippen molar-refractivity contribution < 1.29 is 19.1 Å². The molecule has 1 aromatic carbocycles. The fraction of sp³-hybridized carbons (Fsp3) is 0.333. The van der Waals surface area contributed by atoms with E-state index in [0.29, 0.717) is 6.54 Å². The second-order valence-electron chi connectivity index (χ2n) is 4.24. The fourth-order valence-corrected chi connectivity index (χ4v) is 1.68. The summed E-state index contributed by atoms with van der Waals surface area (Å²) in [5, 5.41) is 0. The highest BCUT2D eigenvalue weighted by atomic mass is 16.5. The van der Waals surface area contributed by atoms with Crippen molar-refractivity contribution in [1.82, 2.24) is 4.90 Å². The van der Waals surface area contributed by atoms with E-state index in [2.05, 4.69) is 16.1 Å². The first kappa shape index (κ1) is 15.9. The number of esters is 2. The zero-order chi connectivity index (χ0) is 15.0. The standard InChI is InChI=1S/C15H19NO4/c1-4-12-5-7-13(8-6-12)9-16(10-14(17)19-2)11-15(18)20-3/h4-8H,1,9-11H2,2-3H3. The molecule has 108 valence electrons. The SMILES string of the molecule is C=Cc1ccc(CN(CC(=O)OC)CC(=O)OC)cc1. The van der Waals surface area contributed by atoms with E-state index < -0.39 is 11.9 Å². The van der Waals surface area contributed by atoms with Gasteiger partial charge in [-0.15, -0.1) is 0 Å². The average Bonchev–Trinajstić information content (AvgIpc) is 2.47. The van der Waals surface area contributed by atoms with Gasteiger partial charge in [0, 0.05) is 6.54 Å². The highest BCUT2D eigenvalue weighted by molar-refractivity contribution is 5.74. The van der Waals surface area contributed by atoms with Gasteiger partial charge in [-0.1, -0.05) is 36.9 Å². The predicted octanol–water partition coefficient (Wildman–Crippen LogP) is 1.48. The van der Waals surface area contributed by atoms with Crippen molar-refractivity contribution in [3.63, 3.8) is 0 Å². The summed E-state index contributed by atoms with van der Waals surface area (Å²) < 4.78 is 9.25. The molecule has 5 nitrogen and oxygen atoms in total. The Hall–Kier alpha value is -2.14. The molecule has 0 bridgehead atoms. The molecule has 0 saturated heterocycles. The molecule has 1 rings (SSSR count).